The molecule has 1 fully saturated rings. The van der Waals surface area contributed by atoms with Gasteiger partial charge in [0.05, 0.1) is 12.3 Å². The summed E-state index contributed by atoms with van der Waals surface area (Å²) < 4.78 is 6.42. The van der Waals surface area contributed by atoms with E-state index in [9.17, 15) is 14.4 Å². The maximum absolute atomic E-state index is 13.0. The number of hydrogen-bond donors (Lipinski definition) is 1. The second-order valence-electron chi connectivity index (χ2n) is 6.40. The summed E-state index contributed by atoms with van der Waals surface area (Å²) in [5, 5.41) is 2.25. The van der Waals surface area contributed by atoms with Crippen LogP contribution in [0.3, 0.4) is 0 Å². The highest BCUT2D eigenvalue weighted by Gasteiger charge is 2.37. The van der Waals surface area contributed by atoms with Crippen molar-refractivity contribution in [2.24, 2.45) is 0 Å². The van der Waals surface area contributed by atoms with Crippen LogP contribution in [0.15, 0.2) is 42.0 Å². The molecule has 0 saturated carbocycles. The molecule has 0 aromatic heterocycles. The van der Waals surface area contributed by atoms with Crippen LogP contribution in [0.2, 0.25) is 0 Å². The summed E-state index contributed by atoms with van der Waals surface area (Å²) in [6.45, 7) is 6.13. The molecule has 6 nitrogen and oxygen atoms in total. The molecule has 4 amide bonds. The maximum atomic E-state index is 13.0. The molecule has 1 saturated heterocycles. The van der Waals surface area contributed by atoms with E-state index in [2.05, 4.69) is 27.9 Å². The molecule has 1 aliphatic rings. The summed E-state index contributed by atoms with van der Waals surface area (Å²) in [6, 6.07) is 10.1. The molecule has 0 radical (unpaired) electrons. The highest BCUT2D eigenvalue weighted by molar-refractivity contribution is 14.1. The second kappa shape index (κ2) is 8.14. The third-order valence-electron chi connectivity index (χ3n) is 4.21. The lowest BCUT2D eigenvalue weighted by molar-refractivity contribution is -0.122. The number of hydrogen-bond acceptors (Lipinski definition) is 4. The molecule has 2 aromatic rings. The Hall–Kier alpha value is -2.68. The lowest BCUT2D eigenvalue weighted by Gasteiger charge is -2.27. The van der Waals surface area contributed by atoms with Gasteiger partial charge in [0.15, 0.2) is 0 Å². The average Bonchev–Trinajstić information content (AvgIpc) is 2.60. The van der Waals surface area contributed by atoms with Crippen molar-refractivity contribution in [3.8, 4) is 5.75 Å². The second-order valence-corrected chi connectivity index (χ2v) is 7.65. The molecule has 144 valence electrons. The highest BCUT2D eigenvalue weighted by atomic mass is 127. The number of carbonyl (C=O) groups excluding carboxylic acids is 3. The fourth-order valence-corrected chi connectivity index (χ4v) is 3.68. The van der Waals surface area contributed by atoms with Gasteiger partial charge in [-0.05, 0) is 84.8 Å². The van der Waals surface area contributed by atoms with Gasteiger partial charge in [-0.2, -0.15) is 0 Å². The molecular formula is C21H19IN2O4. The molecule has 2 aromatic carbocycles. The SMILES string of the molecule is CCOc1cc(I)cc(/C=C2\C(=O)NC(=O)N(c3ccc(C)cc3C)C2=O)c1. The summed E-state index contributed by atoms with van der Waals surface area (Å²) in [4.78, 5) is 38.7. The summed E-state index contributed by atoms with van der Waals surface area (Å²) in [6.07, 6.45) is 1.48. The first-order chi connectivity index (χ1) is 13.3. The number of rotatable bonds is 4. The molecule has 0 unspecified atom stereocenters. The normalized spacial score (nSPS) is 15.8. The summed E-state index contributed by atoms with van der Waals surface area (Å²) in [5.74, 6) is -0.724. The molecule has 0 bridgehead atoms. The van der Waals surface area contributed by atoms with Gasteiger partial charge in [0.2, 0.25) is 0 Å². The van der Waals surface area contributed by atoms with Gasteiger partial charge in [0, 0.05) is 3.57 Å². The predicted molar refractivity (Wildman–Crippen MR) is 115 cm³/mol. The monoisotopic (exact) mass is 490 g/mol. The first kappa shape index (κ1) is 20.1. The van der Waals surface area contributed by atoms with E-state index in [1.165, 1.54) is 6.08 Å². The number of nitrogens with one attached hydrogen (secondary N) is 1. The van der Waals surface area contributed by atoms with Gasteiger partial charge in [-0.3, -0.25) is 14.9 Å². The van der Waals surface area contributed by atoms with E-state index in [0.29, 0.717) is 23.6 Å². The quantitative estimate of drug-likeness (QED) is 0.400. The fraction of sp³-hybridized carbons (Fsp3) is 0.190. The number of benzene rings is 2. The Balaban J connectivity index is 2.04. The van der Waals surface area contributed by atoms with Gasteiger partial charge in [-0.25, -0.2) is 9.69 Å². The highest BCUT2D eigenvalue weighted by Crippen LogP contribution is 2.27. The number of carbonyl (C=O) groups is 3. The zero-order valence-electron chi connectivity index (χ0n) is 15.7. The minimum absolute atomic E-state index is 0.107. The van der Waals surface area contributed by atoms with Crippen molar-refractivity contribution in [3.63, 3.8) is 0 Å². The van der Waals surface area contributed by atoms with Crippen LogP contribution in [0.25, 0.3) is 6.08 Å². The Morgan fingerprint density at radius 2 is 1.86 bits per heavy atom. The molecule has 0 atom stereocenters. The van der Waals surface area contributed by atoms with E-state index in [0.717, 1.165) is 19.6 Å². The molecular weight excluding hydrogens is 471 g/mol. The van der Waals surface area contributed by atoms with E-state index in [1.54, 1.807) is 12.1 Å². The lowest BCUT2D eigenvalue weighted by Crippen LogP contribution is -2.54. The van der Waals surface area contributed by atoms with Crippen molar-refractivity contribution >= 4 is 52.2 Å². The Bertz CT molecular complexity index is 1010. The predicted octanol–water partition coefficient (Wildman–Crippen LogP) is 3.97. The van der Waals surface area contributed by atoms with Crippen molar-refractivity contribution in [2.75, 3.05) is 11.5 Å². The summed E-state index contributed by atoms with van der Waals surface area (Å²) >= 11 is 2.14. The minimum Gasteiger partial charge on any atom is -0.494 e. The van der Waals surface area contributed by atoms with Crippen LogP contribution in [-0.2, 0) is 9.59 Å². The number of imide groups is 2. The topological polar surface area (TPSA) is 75.7 Å². The number of amides is 4. The van der Waals surface area contributed by atoms with Crippen LogP contribution in [0.1, 0.15) is 23.6 Å². The average molecular weight is 490 g/mol. The zero-order chi connectivity index (χ0) is 20.4. The molecule has 0 spiro atoms. The molecule has 1 N–H and O–H groups in total. The van der Waals surface area contributed by atoms with E-state index < -0.39 is 17.8 Å². The molecule has 1 heterocycles. The van der Waals surface area contributed by atoms with Crippen LogP contribution in [0.4, 0.5) is 10.5 Å². The van der Waals surface area contributed by atoms with Crippen LogP contribution in [-0.4, -0.2) is 24.5 Å². The largest absolute Gasteiger partial charge is 0.494 e. The standard InChI is InChI=1S/C21H19IN2O4/c1-4-28-16-9-14(8-15(22)11-16)10-17-19(25)23-21(27)24(20(17)26)18-6-5-12(2)7-13(18)3/h5-11H,4H2,1-3H3,(H,23,25,27)/b17-10+. The Morgan fingerprint density at radius 3 is 2.54 bits per heavy atom. The molecule has 28 heavy (non-hydrogen) atoms. The Labute approximate surface area is 176 Å². The number of ether oxygens (including phenoxy) is 1. The van der Waals surface area contributed by atoms with Crippen molar-refractivity contribution < 1.29 is 19.1 Å². The number of aryl methyl sites for hydroxylation is 2. The van der Waals surface area contributed by atoms with E-state index in [-0.39, 0.29) is 5.57 Å². The van der Waals surface area contributed by atoms with E-state index in [4.69, 9.17) is 4.74 Å². The Kier molecular flexibility index (Phi) is 5.83. The number of halogens is 1. The maximum Gasteiger partial charge on any atom is 0.335 e. The minimum atomic E-state index is -0.753. The van der Waals surface area contributed by atoms with Crippen LogP contribution in [0.5, 0.6) is 5.75 Å². The molecule has 3 rings (SSSR count). The van der Waals surface area contributed by atoms with Crippen molar-refractivity contribution in [3.05, 3.63) is 62.2 Å². The van der Waals surface area contributed by atoms with Gasteiger partial charge >= 0.3 is 6.03 Å². The molecule has 1 aliphatic heterocycles. The van der Waals surface area contributed by atoms with Gasteiger partial charge in [0.25, 0.3) is 11.8 Å². The third-order valence-corrected chi connectivity index (χ3v) is 4.83. The van der Waals surface area contributed by atoms with Crippen molar-refractivity contribution in [2.45, 2.75) is 20.8 Å². The zero-order valence-corrected chi connectivity index (χ0v) is 17.9. The smallest absolute Gasteiger partial charge is 0.335 e. The van der Waals surface area contributed by atoms with Gasteiger partial charge in [0.1, 0.15) is 11.3 Å². The molecule has 7 heteroatoms. The number of anilines is 1. The summed E-state index contributed by atoms with van der Waals surface area (Å²) in [7, 11) is 0. The summed E-state index contributed by atoms with van der Waals surface area (Å²) in [5.41, 5.74) is 2.77. The van der Waals surface area contributed by atoms with Crippen LogP contribution in [0, 0.1) is 17.4 Å². The molecule has 0 aliphatic carbocycles. The lowest BCUT2D eigenvalue weighted by atomic mass is 10.0. The number of urea groups is 1. The third kappa shape index (κ3) is 4.09. The Morgan fingerprint density at radius 1 is 1.11 bits per heavy atom. The number of nitrogens with zero attached hydrogens (tertiary/aromatic N) is 1. The van der Waals surface area contributed by atoms with E-state index >= 15 is 0 Å². The van der Waals surface area contributed by atoms with Crippen LogP contribution >= 0.6 is 22.6 Å². The first-order valence-electron chi connectivity index (χ1n) is 8.72. The van der Waals surface area contributed by atoms with Crippen molar-refractivity contribution in [1.29, 1.82) is 0 Å². The van der Waals surface area contributed by atoms with Gasteiger partial charge in [-0.15, -0.1) is 0 Å². The van der Waals surface area contributed by atoms with Gasteiger partial charge in [-0.1, -0.05) is 17.7 Å². The first-order valence-corrected chi connectivity index (χ1v) is 9.80. The number of barbiturate groups is 1. The van der Waals surface area contributed by atoms with E-state index in [1.807, 2.05) is 45.0 Å². The van der Waals surface area contributed by atoms with Gasteiger partial charge < -0.3 is 4.74 Å². The van der Waals surface area contributed by atoms with Crippen LogP contribution < -0.4 is 15.0 Å². The van der Waals surface area contributed by atoms with Crippen molar-refractivity contribution in [1.82, 2.24) is 5.32 Å². The fourth-order valence-electron chi connectivity index (χ4n) is 3.02.